The zero-order valence-electron chi connectivity index (χ0n) is 21.6. The molecule has 1 saturated heterocycles. The van der Waals surface area contributed by atoms with E-state index in [1.165, 1.54) is 25.3 Å². The van der Waals surface area contributed by atoms with E-state index in [4.69, 9.17) is 9.47 Å². The van der Waals surface area contributed by atoms with Gasteiger partial charge in [0.05, 0.1) is 18.7 Å². The maximum absolute atomic E-state index is 13.5. The number of nitrogens with zero attached hydrogens (tertiary/aromatic N) is 3. The second-order valence-corrected chi connectivity index (χ2v) is 10.5. The third-order valence-corrected chi connectivity index (χ3v) is 7.83. The molecule has 3 aromatic rings. The van der Waals surface area contributed by atoms with Gasteiger partial charge in [-0.2, -0.15) is 0 Å². The molecule has 1 aliphatic carbocycles. The van der Waals surface area contributed by atoms with Crippen molar-refractivity contribution in [2.24, 2.45) is 5.41 Å². The molecule has 2 heterocycles. The van der Waals surface area contributed by atoms with Crippen molar-refractivity contribution in [3.63, 3.8) is 0 Å². The third-order valence-electron chi connectivity index (χ3n) is 7.83. The van der Waals surface area contributed by atoms with E-state index < -0.39 is 6.43 Å². The quantitative estimate of drug-likeness (QED) is 0.399. The summed E-state index contributed by atoms with van der Waals surface area (Å²) in [5.74, 6) is 2.51. The molecule has 2 atom stereocenters. The number of rotatable bonds is 8. The smallest absolute Gasteiger partial charge is 0.264 e. The Bertz CT molecular complexity index is 1280. The maximum Gasteiger partial charge on any atom is 0.264 e. The summed E-state index contributed by atoms with van der Waals surface area (Å²) in [7, 11) is 3.80. The summed E-state index contributed by atoms with van der Waals surface area (Å²) in [5.41, 5.74) is 2.68. The molecule has 0 radical (unpaired) electrons. The van der Waals surface area contributed by atoms with Crippen LogP contribution in [0.25, 0.3) is 10.9 Å². The van der Waals surface area contributed by atoms with Gasteiger partial charge in [0.15, 0.2) is 11.5 Å². The van der Waals surface area contributed by atoms with Gasteiger partial charge in [0.2, 0.25) is 0 Å². The van der Waals surface area contributed by atoms with E-state index in [9.17, 15) is 8.78 Å². The Morgan fingerprint density at radius 1 is 1.14 bits per heavy atom. The molecule has 2 aliphatic rings. The minimum Gasteiger partial charge on any atom is -0.493 e. The highest BCUT2D eigenvalue weighted by Crippen LogP contribution is 2.54. The molecule has 8 heteroatoms. The van der Waals surface area contributed by atoms with Crippen LogP contribution in [-0.4, -0.2) is 48.2 Å². The van der Waals surface area contributed by atoms with E-state index in [2.05, 4.69) is 27.2 Å². The molecule has 6 nitrogen and oxygen atoms in total. The summed E-state index contributed by atoms with van der Waals surface area (Å²) in [6.45, 7) is 7.25. The summed E-state index contributed by atoms with van der Waals surface area (Å²) in [5, 5.41) is 4.23. The minimum atomic E-state index is -2.51. The fraction of sp³-hybridized carbons (Fsp3) is 0.500. The van der Waals surface area contributed by atoms with Crippen LogP contribution in [0.3, 0.4) is 0 Å². The number of methoxy groups -OCH3 is 1. The molecule has 36 heavy (non-hydrogen) atoms. The van der Waals surface area contributed by atoms with Gasteiger partial charge in [-0.05, 0) is 69.7 Å². The summed E-state index contributed by atoms with van der Waals surface area (Å²) >= 11 is 0. The van der Waals surface area contributed by atoms with Crippen molar-refractivity contribution in [3.05, 3.63) is 52.8 Å². The molecule has 2 aromatic carbocycles. The molecule has 192 valence electrons. The number of benzene rings is 2. The molecule has 0 unspecified atom stereocenters. The van der Waals surface area contributed by atoms with E-state index in [0.717, 1.165) is 23.0 Å². The van der Waals surface area contributed by atoms with Crippen molar-refractivity contribution in [2.75, 3.05) is 32.6 Å². The van der Waals surface area contributed by atoms with Gasteiger partial charge in [-0.25, -0.2) is 18.7 Å². The molecule has 1 spiro atoms. The number of hydrogen-bond donors (Lipinski definition) is 1. The van der Waals surface area contributed by atoms with Gasteiger partial charge >= 0.3 is 0 Å². The van der Waals surface area contributed by atoms with Crippen LogP contribution in [0.1, 0.15) is 61.2 Å². The molecule has 2 fully saturated rings. The number of aryl methyl sites for hydroxylation is 1. The number of aromatic nitrogens is 2. The van der Waals surface area contributed by atoms with Crippen molar-refractivity contribution < 1.29 is 18.3 Å². The molecule has 0 amide bonds. The molecule has 1 N–H and O–H groups in total. The highest BCUT2D eigenvalue weighted by Gasteiger charge is 2.50. The number of likely N-dealkylation sites (N-methyl/N-ethyl adjacent to an activating group) is 1. The number of likely N-dealkylation sites (tertiary alicyclic amines) is 1. The summed E-state index contributed by atoms with van der Waals surface area (Å²) in [6, 6.07) is 8.96. The predicted molar refractivity (Wildman–Crippen MR) is 137 cm³/mol. The number of nitrogens with one attached hydrogen (secondary N) is 1. The standard InChI is InChI=1S/C28H34F2N4O2/c1-16-20(7-6-8-21(16)26(29)30)17(2)31-27-22-11-25(24(35-5)12-23(22)32-18(3)33-27)36-14-19-13-28(9-10-28)15-34(19)4/h6-8,11-12,17,19,26H,9-10,13-15H2,1-5H3,(H,31,32,33)/t17-,19+/m1/s1. The number of fused-ring (bicyclic) bond motifs is 1. The molecule has 1 aliphatic heterocycles. The molecule has 5 rings (SSSR count). The number of alkyl halides is 2. The number of halogens is 2. The largest absolute Gasteiger partial charge is 0.493 e. The van der Waals surface area contributed by atoms with Crippen LogP contribution in [0.2, 0.25) is 0 Å². The van der Waals surface area contributed by atoms with Crippen LogP contribution in [-0.2, 0) is 0 Å². The van der Waals surface area contributed by atoms with Crippen molar-refractivity contribution in [1.82, 2.24) is 14.9 Å². The topological polar surface area (TPSA) is 59.5 Å². The highest BCUT2D eigenvalue weighted by atomic mass is 19.3. The molecule has 1 saturated carbocycles. The first-order valence-corrected chi connectivity index (χ1v) is 12.5. The van der Waals surface area contributed by atoms with Crippen molar-refractivity contribution in [3.8, 4) is 11.5 Å². The lowest BCUT2D eigenvalue weighted by Crippen LogP contribution is -2.30. The Kier molecular flexibility index (Phi) is 6.49. The van der Waals surface area contributed by atoms with Gasteiger partial charge in [-0.3, -0.25) is 4.90 Å². The fourth-order valence-electron chi connectivity index (χ4n) is 5.59. The summed E-state index contributed by atoms with van der Waals surface area (Å²) in [6.07, 6.45) is 1.29. The summed E-state index contributed by atoms with van der Waals surface area (Å²) < 4.78 is 38.9. The van der Waals surface area contributed by atoms with E-state index in [0.29, 0.717) is 46.8 Å². The monoisotopic (exact) mass is 496 g/mol. The SMILES string of the molecule is COc1cc2nc(C)nc(N[C@H](C)c3cccc(C(F)F)c3C)c2cc1OC[C@@H]1CC2(CC2)CN1C. The van der Waals surface area contributed by atoms with Crippen LogP contribution in [0.4, 0.5) is 14.6 Å². The van der Waals surface area contributed by atoms with Crippen molar-refractivity contribution in [1.29, 1.82) is 0 Å². The normalized spacial score (nSPS) is 19.7. The zero-order chi connectivity index (χ0) is 25.6. The fourth-order valence-corrected chi connectivity index (χ4v) is 5.59. The average molecular weight is 497 g/mol. The van der Waals surface area contributed by atoms with E-state index in [1.807, 2.05) is 32.0 Å². The third kappa shape index (κ3) is 4.71. The molecule has 0 bridgehead atoms. The van der Waals surface area contributed by atoms with Crippen LogP contribution in [0.15, 0.2) is 30.3 Å². The molecule has 1 aromatic heterocycles. The van der Waals surface area contributed by atoms with Crippen LogP contribution in [0.5, 0.6) is 11.5 Å². The first-order chi connectivity index (χ1) is 17.2. The maximum atomic E-state index is 13.5. The van der Waals surface area contributed by atoms with E-state index in [-0.39, 0.29) is 11.6 Å². The van der Waals surface area contributed by atoms with Gasteiger partial charge in [0.1, 0.15) is 18.2 Å². The van der Waals surface area contributed by atoms with Crippen LogP contribution in [0, 0.1) is 19.3 Å². The number of hydrogen-bond acceptors (Lipinski definition) is 6. The first kappa shape index (κ1) is 24.7. The average Bonchev–Trinajstić information content (AvgIpc) is 3.51. The molecular formula is C28H34F2N4O2. The Balaban J connectivity index is 1.44. The summed E-state index contributed by atoms with van der Waals surface area (Å²) in [4.78, 5) is 11.7. The minimum absolute atomic E-state index is 0.0511. The number of anilines is 1. The second-order valence-electron chi connectivity index (χ2n) is 10.5. The lowest BCUT2D eigenvalue weighted by atomic mass is 9.97. The van der Waals surface area contributed by atoms with Gasteiger partial charge in [-0.15, -0.1) is 0 Å². The Morgan fingerprint density at radius 2 is 1.89 bits per heavy atom. The number of ether oxygens (including phenoxy) is 2. The second kappa shape index (κ2) is 9.47. The van der Waals surface area contributed by atoms with E-state index >= 15 is 0 Å². The van der Waals surface area contributed by atoms with Gasteiger partial charge in [0, 0.05) is 29.6 Å². The predicted octanol–water partition coefficient (Wildman–Crippen LogP) is 6.23. The Morgan fingerprint density at radius 3 is 2.56 bits per heavy atom. The van der Waals surface area contributed by atoms with Crippen molar-refractivity contribution >= 4 is 16.7 Å². The zero-order valence-corrected chi connectivity index (χ0v) is 21.6. The van der Waals surface area contributed by atoms with Gasteiger partial charge in [-0.1, -0.05) is 18.2 Å². The Labute approximate surface area is 211 Å². The van der Waals surface area contributed by atoms with E-state index in [1.54, 1.807) is 20.1 Å². The van der Waals surface area contributed by atoms with Gasteiger partial charge in [0.25, 0.3) is 6.43 Å². The highest BCUT2D eigenvalue weighted by molar-refractivity contribution is 5.92. The Hall–Kier alpha value is -3.00. The van der Waals surface area contributed by atoms with Crippen LogP contribution < -0.4 is 14.8 Å². The molecular weight excluding hydrogens is 462 g/mol. The lowest BCUT2D eigenvalue weighted by Gasteiger charge is -2.22. The van der Waals surface area contributed by atoms with Crippen molar-refractivity contribution in [2.45, 2.75) is 58.5 Å². The van der Waals surface area contributed by atoms with Crippen LogP contribution >= 0.6 is 0 Å². The first-order valence-electron chi connectivity index (χ1n) is 12.5. The van der Waals surface area contributed by atoms with Gasteiger partial charge < -0.3 is 14.8 Å². The lowest BCUT2D eigenvalue weighted by molar-refractivity contribution is 0.150.